The molecule has 0 bridgehead atoms. The molecule has 5 heteroatoms. The monoisotopic (exact) mass is 268 g/mol. The van der Waals surface area contributed by atoms with E-state index in [1.54, 1.807) is 6.07 Å². The molecule has 1 aromatic carbocycles. The third kappa shape index (κ3) is 3.95. The van der Waals surface area contributed by atoms with E-state index in [1.807, 2.05) is 37.3 Å². The summed E-state index contributed by atoms with van der Waals surface area (Å²) in [6.45, 7) is 3.39. The number of nitrogens with zero attached hydrogens (tertiary/aromatic N) is 3. The molecule has 0 fully saturated rings. The highest BCUT2D eigenvalue weighted by atomic mass is 16.5. The Hall–Kier alpha value is -2.61. The van der Waals surface area contributed by atoms with Crippen LogP contribution in [0.25, 0.3) is 0 Å². The normalized spacial score (nSPS) is 9.80. The van der Waals surface area contributed by atoms with Crippen molar-refractivity contribution in [1.29, 1.82) is 5.26 Å². The second-order valence-electron chi connectivity index (χ2n) is 4.15. The van der Waals surface area contributed by atoms with Gasteiger partial charge in [-0.15, -0.1) is 0 Å². The highest BCUT2D eigenvalue weighted by Crippen LogP contribution is 2.12. The predicted octanol–water partition coefficient (Wildman–Crippen LogP) is 2.40. The van der Waals surface area contributed by atoms with E-state index in [4.69, 9.17) is 10.00 Å². The van der Waals surface area contributed by atoms with Crippen LogP contribution in [-0.2, 0) is 6.42 Å². The number of aromatic nitrogens is 2. The fraction of sp³-hybridized carbons (Fsp3) is 0.267. The van der Waals surface area contributed by atoms with Crippen molar-refractivity contribution in [3.63, 3.8) is 0 Å². The summed E-state index contributed by atoms with van der Waals surface area (Å²) < 4.78 is 5.40. The van der Waals surface area contributed by atoms with Crippen LogP contribution in [-0.4, -0.2) is 23.1 Å². The molecular formula is C15H16N4O. The molecule has 0 aliphatic rings. The van der Waals surface area contributed by atoms with E-state index in [0.717, 1.165) is 18.7 Å². The van der Waals surface area contributed by atoms with Gasteiger partial charge in [-0.05, 0) is 31.0 Å². The molecule has 0 radical (unpaired) electrons. The Morgan fingerprint density at radius 3 is 2.75 bits per heavy atom. The van der Waals surface area contributed by atoms with Gasteiger partial charge in [0, 0.05) is 12.6 Å². The molecule has 0 spiro atoms. The topological polar surface area (TPSA) is 70.8 Å². The van der Waals surface area contributed by atoms with E-state index in [1.165, 1.54) is 11.9 Å². The second-order valence-corrected chi connectivity index (χ2v) is 4.15. The van der Waals surface area contributed by atoms with E-state index >= 15 is 0 Å². The van der Waals surface area contributed by atoms with Crippen LogP contribution in [0.15, 0.2) is 36.7 Å². The fourth-order valence-corrected chi connectivity index (χ4v) is 1.77. The van der Waals surface area contributed by atoms with Crippen molar-refractivity contribution < 1.29 is 4.74 Å². The largest absolute Gasteiger partial charge is 0.494 e. The molecule has 0 atom stereocenters. The minimum Gasteiger partial charge on any atom is -0.494 e. The maximum absolute atomic E-state index is 8.76. The van der Waals surface area contributed by atoms with Crippen molar-refractivity contribution in [3.05, 3.63) is 47.9 Å². The van der Waals surface area contributed by atoms with Crippen LogP contribution in [0.3, 0.4) is 0 Å². The summed E-state index contributed by atoms with van der Waals surface area (Å²) in [5.74, 6) is 1.56. The molecular weight excluding hydrogens is 252 g/mol. The first-order valence-corrected chi connectivity index (χ1v) is 6.49. The van der Waals surface area contributed by atoms with Gasteiger partial charge in [-0.25, -0.2) is 9.97 Å². The lowest BCUT2D eigenvalue weighted by atomic mass is 10.1. The molecule has 0 amide bonds. The average Bonchev–Trinajstić information content (AvgIpc) is 2.50. The summed E-state index contributed by atoms with van der Waals surface area (Å²) in [7, 11) is 0. The van der Waals surface area contributed by atoms with Gasteiger partial charge >= 0.3 is 0 Å². The molecule has 1 heterocycles. The SMILES string of the molecule is CCOc1ccc(CCNc2cc(C#N)ncn2)cc1. The molecule has 1 N–H and O–H groups in total. The molecule has 5 nitrogen and oxygen atoms in total. The van der Waals surface area contributed by atoms with E-state index in [9.17, 15) is 0 Å². The average molecular weight is 268 g/mol. The van der Waals surface area contributed by atoms with Gasteiger partial charge in [0.1, 0.15) is 29.7 Å². The molecule has 0 unspecified atom stereocenters. The smallest absolute Gasteiger partial charge is 0.145 e. The number of benzene rings is 1. The quantitative estimate of drug-likeness (QED) is 0.871. The minimum atomic E-state index is 0.364. The van der Waals surface area contributed by atoms with Gasteiger partial charge in [0.2, 0.25) is 0 Å². The van der Waals surface area contributed by atoms with Crippen molar-refractivity contribution in [2.45, 2.75) is 13.3 Å². The first kappa shape index (κ1) is 13.8. The zero-order valence-electron chi connectivity index (χ0n) is 11.3. The number of anilines is 1. The standard InChI is InChI=1S/C15H16N4O/c1-2-20-14-5-3-12(4-6-14)7-8-17-15-9-13(10-16)18-11-19-15/h3-6,9,11H,2,7-8H2,1H3,(H,17,18,19). The highest BCUT2D eigenvalue weighted by Gasteiger charge is 1.98. The summed E-state index contributed by atoms with van der Waals surface area (Å²) >= 11 is 0. The van der Waals surface area contributed by atoms with Gasteiger partial charge in [-0.1, -0.05) is 12.1 Å². The Bertz CT molecular complexity index is 590. The molecule has 102 valence electrons. The maximum Gasteiger partial charge on any atom is 0.145 e. The molecule has 2 rings (SSSR count). The third-order valence-electron chi connectivity index (χ3n) is 2.74. The first-order chi connectivity index (χ1) is 9.81. The van der Waals surface area contributed by atoms with Crippen molar-refractivity contribution in [2.24, 2.45) is 0 Å². The number of rotatable bonds is 6. The van der Waals surface area contributed by atoms with Gasteiger partial charge in [-0.3, -0.25) is 0 Å². The van der Waals surface area contributed by atoms with Crippen LogP contribution < -0.4 is 10.1 Å². The molecule has 2 aromatic rings. The number of hydrogen-bond donors (Lipinski definition) is 1. The van der Waals surface area contributed by atoms with E-state index < -0.39 is 0 Å². The molecule has 20 heavy (non-hydrogen) atoms. The molecule has 0 saturated heterocycles. The zero-order chi connectivity index (χ0) is 14.2. The first-order valence-electron chi connectivity index (χ1n) is 6.49. The van der Waals surface area contributed by atoms with Gasteiger partial charge < -0.3 is 10.1 Å². The summed E-state index contributed by atoms with van der Waals surface area (Å²) in [5, 5.41) is 11.9. The Kier molecular flexibility index (Phi) is 4.90. The van der Waals surface area contributed by atoms with Crippen LogP contribution in [0, 0.1) is 11.3 Å². The van der Waals surface area contributed by atoms with Crippen LogP contribution in [0.1, 0.15) is 18.2 Å². The van der Waals surface area contributed by atoms with Crippen LogP contribution in [0.4, 0.5) is 5.82 Å². The van der Waals surface area contributed by atoms with E-state index in [2.05, 4.69) is 15.3 Å². The Morgan fingerprint density at radius 1 is 1.25 bits per heavy atom. The summed E-state index contributed by atoms with van der Waals surface area (Å²) in [5.41, 5.74) is 1.58. The lowest BCUT2D eigenvalue weighted by Crippen LogP contribution is -2.06. The molecule has 0 saturated carbocycles. The van der Waals surface area contributed by atoms with E-state index in [-0.39, 0.29) is 0 Å². The lowest BCUT2D eigenvalue weighted by Gasteiger charge is -2.07. The van der Waals surface area contributed by atoms with E-state index in [0.29, 0.717) is 18.1 Å². The Morgan fingerprint density at radius 2 is 2.05 bits per heavy atom. The highest BCUT2D eigenvalue weighted by molar-refractivity contribution is 5.39. The summed E-state index contributed by atoms with van der Waals surface area (Å²) in [6, 6.07) is 11.7. The van der Waals surface area contributed by atoms with Crippen molar-refractivity contribution >= 4 is 5.82 Å². The van der Waals surface area contributed by atoms with Crippen molar-refractivity contribution in [2.75, 3.05) is 18.5 Å². The molecule has 0 aliphatic heterocycles. The Labute approximate surface area is 118 Å². The van der Waals surface area contributed by atoms with Gasteiger partial charge in [0.05, 0.1) is 6.61 Å². The van der Waals surface area contributed by atoms with Crippen LogP contribution in [0.5, 0.6) is 5.75 Å². The number of ether oxygens (including phenoxy) is 1. The van der Waals surface area contributed by atoms with Gasteiger partial charge in [-0.2, -0.15) is 5.26 Å². The lowest BCUT2D eigenvalue weighted by molar-refractivity contribution is 0.340. The number of hydrogen-bond acceptors (Lipinski definition) is 5. The summed E-state index contributed by atoms with van der Waals surface area (Å²) in [4.78, 5) is 7.89. The van der Waals surface area contributed by atoms with Gasteiger partial charge in [0.15, 0.2) is 0 Å². The Balaban J connectivity index is 1.84. The maximum atomic E-state index is 8.76. The minimum absolute atomic E-state index is 0.364. The van der Waals surface area contributed by atoms with Crippen LogP contribution >= 0.6 is 0 Å². The third-order valence-corrected chi connectivity index (χ3v) is 2.74. The van der Waals surface area contributed by atoms with Gasteiger partial charge in [0.25, 0.3) is 0 Å². The zero-order valence-corrected chi connectivity index (χ0v) is 11.3. The second kappa shape index (κ2) is 7.10. The van der Waals surface area contributed by atoms with Crippen molar-refractivity contribution in [1.82, 2.24) is 9.97 Å². The fourth-order valence-electron chi connectivity index (χ4n) is 1.77. The van der Waals surface area contributed by atoms with Crippen molar-refractivity contribution in [3.8, 4) is 11.8 Å². The van der Waals surface area contributed by atoms with Crippen LogP contribution in [0.2, 0.25) is 0 Å². The molecule has 0 aliphatic carbocycles. The number of nitrogens with one attached hydrogen (secondary N) is 1. The predicted molar refractivity (Wildman–Crippen MR) is 76.6 cm³/mol. The summed E-state index contributed by atoms with van der Waals surface area (Å²) in [6.07, 6.45) is 2.26. The molecule has 1 aromatic heterocycles. The number of nitriles is 1.